The molecule has 0 saturated carbocycles. The molecule has 28 heavy (non-hydrogen) atoms. The summed E-state index contributed by atoms with van der Waals surface area (Å²) in [4.78, 5) is 38.7. The Labute approximate surface area is 160 Å². The van der Waals surface area contributed by atoms with Gasteiger partial charge >= 0.3 is 5.97 Å². The third kappa shape index (κ3) is 3.14. The van der Waals surface area contributed by atoms with Gasteiger partial charge in [-0.1, -0.05) is 24.3 Å². The fraction of sp³-hybridized carbons (Fsp3) is 0.286. The minimum Gasteiger partial charge on any atom is -0.479 e. The fourth-order valence-electron chi connectivity index (χ4n) is 3.77. The van der Waals surface area contributed by atoms with Crippen LogP contribution in [0, 0.1) is 0 Å². The first-order chi connectivity index (χ1) is 13.5. The van der Waals surface area contributed by atoms with Gasteiger partial charge in [0.25, 0.3) is 0 Å². The van der Waals surface area contributed by atoms with Gasteiger partial charge in [0.1, 0.15) is 6.54 Å². The second-order valence-electron chi connectivity index (χ2n) is 7.02. The number of carboxylic acid groups (broad SMARTS) is 1. The van der Waals surface area contributed by atoms with E-state index in [1.54, 1.807) is 31.2 Å². The average Bonchev–Trinajstić information content (AvgIpc) is 2.70. The average molecular weight is 380 g/mol. The van der Waals surface area contributed by atoms with Gasteiger partial charge in [-0.3, -0.25) is 9.59 Å². The molecule has 1 aliphatic rings. The zero-order valence-electron chi connectivity index (χ0n) is 15.4. The Morgan fingerprint density at radius 2 is 1.61 bits per heavy atom. The molecule has 1 fully saturated rings. The maximum atomic E-state index is 13.0. The summed E-state index contributed by atoms with van der Waals surface area (Å²) in [7, 11) is 0. The summed E-state index contributed by atoms with van der Waals surface area (Å²) in [5.41, 5.74) is 1.28. The molecule has 7 nitrogen and oxygen atoms in total. The molecule has 4 rings (SSSR count). The van der Waals surface area contributed by atoms with E-state index >= 15 is 0 Å². The van der Waals surface area contributed by atoms with Crippen LogP contribution in [-0.2, 0) is 20.9 Å². The Balaban J connectivity index is 1.77. The van der Waals surface area contributed by atoms with E-state index in [9.17, 15) is 19.5 Å². The van der Waals surface area contributed by atoms with E-state index in [4.69, 9.17) is 4.74 Å². The third-order valence-corrected chi connectivity index (χ3v) is 5.06. The number of ether oxygens (including phenoxy) is 1. The van der Waals surface area contributed by atoms with E-state index < -0.39 is 12.1 Å². The van der Waals surface area contributed by atoms with E-state index in [2.05, 4.69) is 0 Å². The molecule has 1 aliphatic heterocycles. The van der Waals surface area contributed by atoms with Crippen LogP contribution >= 0.6 is 0 Å². The van der Waals surface area contributed by atoms with Crippen molar-refractivity contribution < 1.29 is 19.4 Å². The number of fused-ring (bicyclic) bond motifs is 2. The molecule has 3 aromatic rings. The summed E-state index contributed by atoms with van der Waals surface area (Å²) in [6.45, 7) is 2.10. The van der Waals surface area contributed by atoms with Crippen LogP contribution in [0.2, 0.25) is 0 Å². The number of pyridine rings is 1. The first-order valence-corrected chi connectivity index (χ1v) is 9.12. The molecule has 2 atom stereocenters. The number of nitrogens with zero attached hydrogens (tertiary/aromatic N) is 2. The summed E-state index contributed by atoms with van der Waals surface area (Å²) in [6.07, 6.45) is -1.39. The van der Waals surface area contributed by atoms with Crippen molar-refractivity contribution in [1.29, 1.82) is 0 Å². The Morgan fingerprint density at radius 3 is 2.18 bits per heavy atom. The summed E-state index contributed by atoms with van der Waals surface area (Å²) < 4.78 is 7.22. The quantitative estimate of drug-likeness (QED) is 0.701. The molecule has 1 N–H and O–H groups in total. The topological polar surface area (TPSA) is 88.8 Å². The predicted octanol–water partition coefficient (Wildman–Crippen LogP) is 1.86. The maximum absolute atomic E-state index is 13.0. The summed E-state index contributed by atoms with van der Waals surface area (Å²) in [6, 6.07) is 14.4. The normalized spacial score (nSPS) is 19.8. The van der Waals surface area contributed by atoms with Crippen molar-refractivity contribution >= 4 is 33.7 Å². The molecule has 2 heterocycles. The van der Waals surface area contributed by atoms with Gasteiger partial charge in [-0.25, -0.2) is 4.79 Å². The number of aromatic nitrogens is 1. The second kappa shape index (κ2) is 7.09. The lowest BCUT2D eigenvalue weighted by Gasteiger charge is -2.35. The number of carbonyl (C=O) groups excluding carboxylic acids is 1. The molecule has 0 aliphatic carbocycles. The van der Waals surface area contributed by atoms with Crippen molar-refractivity contribution in [2.45, 2.75) is 25.7 Å². The van der Waals surface area contributed by atoms with Crippen LogP contribution in [0.3, 0.4) is 0 Å². The van der Waals surface area contributed by atoms with Crippen LogP contribution in [0.15, 0.2) is 53.3 Å². The Hall–Kier alpha value is -3.19. The minimum atomic E-state index is -1.08. The highest BCUT2D eigenvalue weighted by Gasteiger charge is 2.32. The van der Waals surface area contributed by atoms with Gasteiger partial charge in [0.05, 0.1) is 23.7 Å². The summed E-state index contributed by atoms with van der Waals surface area (Å²) >= 11 is 0. The summed E-state index contributed by atoms with van der Waals surface area (Å²) in [5.74, 6) is -1.29. The number of benzene rings is 2. The molecule has 7 heteroatoms. The van der Waals surface area contributed by atoms with Crippen LogP contribution in [0.1, 0.15) is 6.92 Å². The molecular formula is C21H20N2O5. The zero-order valence-corrected chi connectivity index (χ0v) is 15.4. The minimum absolute atomic E-state index is 0.00850. The van der Waals surface area contributed by atoms with Crippen LogP contribution in [-0.4, -0.2) is 51.7 Å². The molecule has 144 valence electrons. The van der Waals surface area contributed by atoms with Gasteiger partial charge in [0.2, 0.25) is 5.91 Å². The Morgan fingerprint density at radius 1 is 1.04 bits per heavy atom. The van der Waals surface area contributed by atoms with Gasteiger partial charge in [0, 0.05) is 17.3 Å². The van der Waals surface area contributed by atoms with Gasteiger partial charge in [-0.2, -0.15) is 0 Å². The standard InChI is InChI=1S/C21H20N2O5/c1-13-10-22(11-18(28-13)21(26)27)19(24)12-23-16-8-4-2-6-14(16)20(25)15-7-3-5-9-17(15)23/h2-9,13,18H,10-12H2,1H3,(H,26,27)/t13-,18?/m1/s1. The number of amides is 1. The van der Waals surface area contributed by atoms with E-state index in [1.165, 1.54) is 4.90 Å². The van der Waals surface area contributed by atoms with Crippen molar-refractivity contribution in [1.82, 2.24) is 9.47 Å². The highest BCUT2D eigenvalue weighted by molar-refractivity contribution is 5.95. The lowest BCUT2D eigenvalue weighted by molar-refractivity contribution is -0.166. The van der Waals surface area contributed by atoms with Crippen LogP contribution in [0.25, 0.3) is 21.8 Å². The smallest absolute Gasteiger partial charge is 0.334 e. The Kier molecular flexibility index (Phi) is 4.60. The first kappa shape index (κ1) is 18.2. The van der Waals surface area contributed by atoms with Gasteiger partial charge in [0.15, 0.2) is 11.5 Å². The van der Waals surface area contributed by atoms with E-state index in [1.807, 2.05) is 28.8 Å². The number of hydrogen-bond acceptors (Lipinski definition) is 4. The second-order valence-corrected chi connectivity index (χ2v) is 7.02. The van der Waals surface area contributed by atoms with Crippen LogP contribution < -0.4 is 5.43 Å². The maximum Gasteiger partial charge on any atom is 0.334 e. The molecule has 0 radical (unpaired) electrons. The van der Waals surface area contributed by atoms with Gasteiger partial charge in [-0.15, -0.1) is 0 Å². The highest BCUT2D eigenvalue weighted by atomic mass is 16.5. The van der Waals surface area contributed by atoms with Crippen molar-refractivity contribution in [2.24, 2.45) is 0 Å². The number of carboxylic acids is 1. The molecule has 2 aromatic carbocycles. The van der Waals surface area contributed by atoms with Gasteiger partial charge < -0.3 is 19.3 Å². The van der Waals surface area contributed by atoms with Crippen molar-refractivity contribution in [3.63, 3.8) is 0 Å². The first-order valence-electron chi connectivity index (χ1n) is 9.12. The molecule has 1 aromatic heterocycles. The number of carbonyl (C=O) groups is 2. The largest absolute Gasteiger partial charge is 0.479 e. The van der Waals surface area contributed by atoms with Crippen molar-refractivity contribution in [3.05, 3.63) is 58.8 Å². The number of aliphatic carboxylic acids is 1. The van der Waals surface area contributed by atoms with E-state index in [-0.39, 0.29) is 30.5 Å². The number of morpholine rings is 1. The lowest BCUT2D eigenvalue weighted by Crippen LogP contribution is -2.52. The van der Waals surface area contributed by atoms with Gasteiger partial charge in [-0.05, 0) is 31.2 Å². The molecular weight excluding hydrogens is 360 g/mol. The van der Waals surface area contributed by atoms with Crippen molar-refractivity contribution in [3.8, 4) is 0 Å². The monoisotopic (exact) mass is 380 g/mol. The fourth-order valence-corrected chi connectivity index (χ4v) is 3.77. The summed E-state index contributed by atoms with van der Waals surface area (Å²) in [5, 5.41) is 10.4. The number of hydrogen-bond donors (Lipinski definition) is 1. The molecule has 1 amide bonds. The van der Waals surface area contributed by atoms with Crippen molar-refractivity contribution in [2.75, 3.05) is 13.1 Å². The number of para-hydroxylation sites is 2. The van der Waals surface area contributed by atoms with E-state index in [0.717, 1.165) is 0 Å². The van der Waals surface area contributed by atoms with Crippen LogP contribution in [0.4, 0.5) is 0 Å². The number of rotatable bonds is 3. The predicted molar refractivity (Wildman–Crippen MR) is 104 cm³/mol. The Bertz CT molecular complexity index is 1080. The third-order valence-electron chi connectivity index (χ3n) is 5.06. The highest BCUT2D eigenvalue weighted by Crippen LogP contribution is 2.20. The zero-order chi connectivity index (χ0) is 19.8. The van der Waals surface area contributed by atoms with E-state index in [0.29, 0.717) is 28.4 Å². The van der Waals surface area contributed by atoms with Crippen LogP contribution in [0.5, 0.6) is 0 Å². The molecule has 0 spiro atoms. The molecule has 1 unspecified atom stereocenters. The molecule has 1 saturated heterocycles. The lowest BCUT2D eigenvalue weighted by atomic mass is 10.1. The SMILES string of the molecule is C[C@@H]1CN(C(=O)Cn2c3ccccc3c(=O)c3ccccc32)CC(C(=O)O)O1. The molecule has 0 bridgehead atoms.